The molecule has 4 rings (SSSR count). The Balaban J connectivity index is 1.44. The molecule has 98 valence electrons. The van der Waals surface area contributed by atoms with Crippen LogP contribution in [0.5, 0.6) is 0 Å². The molecular formula is C16H17NO2. The summed E-state index contributed by atoms with van der Waals surface area (Å²) in [5, 5.41) is 4.31. The average Bonchev–Trinajstić information content (AvgIpc) is 3.33. The number of carbonyl (C=O) groups excluding carboxylic acids is 1. The Morgan fingerprint density at radius 1 is 1.32 bits per heavy atom. The molecule has 0 aliphatic heterocycles. The van der Waals surface area contributed by atoms with Crippen molar-refractivity contribution in [2.45, 2.75) is 25.2 Å². The maximum atomic E-state index is 11.6. The molecule has 2 aliphatic rings. The second kappa shape index (κ2) is 4.12. The van der Waals surface area contributed by atoms with E-state index < -0.39 is 0 Å². The van der Waals surface area contributed by atoms with E-state index in [0.717, 1.165) is 25.0 Å². The molecule has 0 saturated heterocycles. The minimum absolute atomic E-state index is 0.257. The fraction of sp³-hybridized carbons (Fsp3) is 0.438. The lowest BCUT2D eigenvalue weighted by Crippen LogP contribution is -2.27. The van der Waals surface area contributed by atoms with Crippen LogP contribution < -0.4 is 5.32 Å². The molecule has 1 aromatic carbocycles. The quantitative estimate of drug-likeness (QED) is 0.912. The zero-order valence-corrected chi connectivity index (χ0v) is 10.8. The maximum Gasteiger partial charge on any atom is 0.223 e. The van der Waals surface area contributed by atoms with Gasteiger partial charge in [-0.1, -0.05) is 12.1 Å². The fourth-order valence-electron chi connectivity index (χ4n) is 2.92. The standard InChI is InChI=1S/C16H17NO2/c18-16(10-4-5-10)17-9-11-8-14(11)12-2-1-3-15-13(12)6-7-19-15/h1-3,6-7,10-11,14H,4-5,8-9H2,(H,17,18)/t11-,14+/m0/s1. The number of carbonyl (C=O) groups is 1. The van der Waals surface area contributed by atoms with Crippen LogP contribution in [-0.2, 0) is 4.79 Å². The van der Waals surface area contributed by atoms with E-state index in [1.165, 1.54) is 17.4 Å². The number of benzene rings is 1. The van der Waals surface area contributed by atoms with Crippen molar-refractivity contribution in [1.29, 1.82) is 0 Å². The summed E-state index contributed by atoms with van der Waals surface area (Å²) in [7, 11) is 0. The summed E-state index contributed by atoms with van der Waals surface area (Å²) < 4.78 is 5.44. The van der Waals surface area contributed by atoms with Gasteiger partial charge in [0.2, 0.25) is 5.91 Å². The molecule has 0 bridgehead atoms. The van der Waals surface area contributed by atoms with Crippen molar-refractivity contribution in [2.75, 3.05) is 6.54 Å². The van der Waals surface area contributed by atoms with Crippen LogP contribution in [0.2, 0.25) is 0 Å². The Labute approximate surface area is 112 Å². The van der Waals surface area contributed by atoms with Gasteiger partial charge in [0.1, 0.15) is 5.58 Å². The van der Waals surface area contributed by atoms with Crippen LogP contribution in [0.4, 0.5) is 0 Å². The molecule has 1 amide bonds. The summed E-state index contributed by atoms with van der Waals surface area (Å²) >= 11 is 0. The van der Waals surface area contributed by atoms with Crippen molar-refractivity contribution >= 4 is 16.9 Å². The number of amides is 1. The molecule has 2 aromatic rings. The van der Waals surface area contributed by atoms with Crippen molar-refractivity contribution in [3.63, 3.8) is 0 Å². The van der Waals surface area contributed by atoms with Crippen LogP contribution >= 0.6 is 0 Å². The highest BCUT2D eigenvalue weighted by atomic mass is 16.3. The first-order valence-corrected chi connectivity index (χ1v) is 7.07. The van der Waals surface area contributed by atoms with Gasteiger partial charge in [-0.2, -0.15) is 0 Å². The maximum absolute atomic E-state index is 11.6. The lowest BCUT2D eigenvalue weighted by Gasteiger charge is -2.04. The molecule has 19 heavy (non-hydrogen) atoms. The van der Waals surface area contributed by atoms with Crippen molar-refractivity contribution in [3.05, 3.63) is 36.1 Å². The smallest absolute Gasteiger partial charge is 0.223 e. The lowest BCUT2D eigenvalue weighted by molar-refractivity contribution is -0.122. The van der Waals surface area contributed by atoms with Crippen LogP contribution in [0.3, 0.4) is 0 Å². The second-order valence-corrected chi connectivity index (χ2v) is 5.80. The fourth-order valence-corrected chi connectivity index (χ4v) is 2.92. The molecule has 2 fully saturated rings. The van der Waals surface area contributed by atoms with Crippen LogP contribution in [0.15, 0.2) is 34.9 Å². The molecule has 3 heteroatoms. The van der Waals surface area contributed by atoms with Gasteiger partial charge < -0.3 is 9.73 Å². The monoisotopic (exact) mass is 255 g/mol. The SMILES string of the molecule is O=C(NC[C@@H]1C[C@H]1c1cccc2occc12)C1CC1. The number of nitrogens with one attached hydrogen (secondary N) is 1. The van der Waals surface area contributed by atoms with E-state index in [2.05, 4.69) is 17.4 Å². The first-order chi connectivity index (χ1) is 9.33. The third-order valence-corrected chi connectivity index (χ3v) is 4.34. The molecule has 1 heterocycles. The zero-order valence-electron chi connectivity index (χ0n) is 10.8. The molecule has 0 spiro atoms. The number of hydrogen-bond donors (Lipinski definition) is 1. The molecular weight excluding hydrogens is 238 g/mol. The number of fused-ring (bicyclic) bond motifs is 1. The van der Waals surface area contributed by atoms with Gasteiger partial charge in [-0.3, -0.25) is 4.79 Å². The Hall–Kier alpha value is -1.77. The van der Waals surface area contributed by atoms with E-state index in [9.17, 15) is 4.79 Å². The van der Waals surface area contributed by atoms with E-state index in [-0.39, 0.29) is 5.91 Å². The molecule has 2 saturated carbocycles. The molecule has 0 radical (unpaired) electrons. The van der Waals surface area contributed by atoms with Gasteiger partial charge in [-0.15, -0.1) is 0 Å². The number of rotatable bonds is 4. The van der Waals surface area contributed by atoms with Gasteiger partial charge in [0, 0.05) is 17.8 Å². The highest BCUT2D eigenvalue weighted by molar-refractivity contribution is 5.82. The normalized spacial score (nSPS) is 25.5. The zero-order chi connectivity index (χ0) is 12.8. The Morgan fingerprint density at radius 2 is 2.21 bits per heavy atom. The second-order valence-electron chi connectivity index (χ2n) is 5.80. The molecule has 3 nitrogen and oxygen atoms in total. The molecule has 1 N–H and O–H groups in total. The average molecular weight is 255 g/mol. The summed E-state index contributed by atoms with van der Waals surface area (Å²) in [5.41, 5.74) is 2.34. The largest absolute Gasteiger partial charge is 0.464 e. The van der Waals surface area contributed by atoms with Crippen molar-refractivity contribution < 1.29 is 9.21 Å². The summed E-state index contributed by atoms with van der Waals surface area (Å²) in [6, 6.07) is 8.29. The molecule has 0 unspecified atom stereocenters. The summed E-state index contributed by atoms with van der Waals surface area (Å²) in [6.07, 6.45) is 5.08. The molecule has 2 aliphatic carbocycles. The number of hydrogen-bond acceptors (Lipinski definition) is 2. The summed E-state index contributed by atoms with van der Waals surface area (Å²) in [5.74, 6) is 1.76. The van der Waals surface area contributed by atoms with Gasteiger partial charge in [0.25, 0.3) is 0 Å². The van der Waals surface area contributed by atoms with E-state index in [4.69, 9.17) is 4.42 Å². The predicted molar refractivity (Wildman–Crippen MR) is 72.8 cm³/mol. The van der Waals surface area contributed by atoms with Crippen LogP contribution in [0, 0.1) is 11.8 Å². The lowest BCUT2D eigenvalue weighted by atomic mass is 10.0. The van der Waals surface area contributed by atoms with Crippen molar-refractivity contribution in [2.24, 2.45) is 11.8 Å². The first kappa shape index (κ1) is 11.1. The van der Waals surface area contributed by atoms with Crippen LogP contribution in [-0.4, -0.2) is 12.5 Å². The first-order valence-electron chi connectivity index (χ1n) is 7.07. The van der Waals surface area contributed by atoms with Gasteiger partial charge in [-0.05, 0) is 48.8 Å². The molecule has 1 aromatic heterocycles. The molecule has 2 atom stereocenters. The van der Waals surface area contributed by atoms with Crippen LogP contribution in [0.25, 0.3) is 11.0 Å². The van der Waals surface area contributed by atoms with E-state index in [1.807, 2.05) is 12.1 Å². The van der Waals surface area contributed by atoms with Crippen molar-refractivity contribution in [3.8, 4) is 0 Å². The third-order valence-electron chi connectivity index (χ3n) is 4.34. The minimum atomic E-state index is 0.257. The van der Waals surface area contributed by atoms with Crippen molar-refractivity contribution in [1.82, 2.24) is 5.32 Å². The van der Waals surface area contributed by atoms with Gasteiger partial charge in [-0.25, -0.2) is 0 Å². The minimum Gasteiger partial charge on any atom is -0.464 e. The number of furan rings is 1. The highest BCUT2D eigenvalue weighted by Gasteiger charge is 2.40. The van der Waals surface area contributed by atoms with E-state index in [1.54, 1.807) is 6.26 Å². The van der Waals surface area contributed by atoms with Crippen LogP contribution in [0.1, 0.15) is 30.7 Å². The Bertz CT molecular complexity index is 626. The highest BCUT2D eigenvalue weighted by Crippen LogP contribution is 2.49. The Morgan fingerprint density at radius 3 is 3.05 bits per heavy atom. The van der Waals surface area contributed by atoms with E-state index in [0.29, 0.717) is 17.8 Å². The summed E-state index contributed by atoms with van der Waals surface area (Å²) in [4.78, 5) is 11.6. The van der Waals surface area contributed by atoms with Gasteiger partial charge >= 0.3 is 0 Å². The van der Waals surface area contributed by atoms with E-state index >= 15 is 0 Å². The Kier molecular flexibility index (Phi) is 2.40. The van der Waals surface area contributed by atoms with Gasteiger partial charge in [0.15, 0.2) is 0 Å². The predicted octanol–water partition coefficient (Wildman–Crippen LogP) is 3.06. The summed E-state index contributed by atoms with van der Waals surface area (Å²) in [6.45, 7) is 0.828. The third kappa shape index (κ3) is 2.03. The topological polar surface area (TPSA) is 42.2 Å². The van der Waals surface area contributed by atoms with Gasteiger partial charge in [0.05, 0.1) is 6.26 Å².